The molecule has 0 amide bonds. The van der Waals surface area contributed by atoms with Gasteiger partial charge in [-0.2, -0.15) is 0 Å². The summed E-state index contributed by atoms with van der Waals surface area (Å²) in [6.07, 6.45) is 2.59. The van der Waals surface area contributed by atoms with Crippen molar-refractivity contribution in [2.75, 3.05) is 13.1 Å². The molecule has 1 aromatic rings. The number of nitrogens with one attached hydrogen (secondary N) is 1. The molecule has 0 saturated heterocycles. The summed E-state index contributed by atoms with van der Waals surface area (Å²) in [6, 6.07) is 9.03. The van der Waals surface area contributed by atoms with E-state index in [1.165, 1.54) is 24.0 Å². The summed E-state index contributed by atoms with van der Waals surface area (Å²) >= 11 is 0. The monoisotopic (exact) mass is 233 g/mol. The van der Waals surface area contributed by atoms with E-state index in [0.717, 1.165) is 19.0 Å². The summed E-state index contributed by atoms with van der Waals surface area (Å²) in [6.45, 7) is 11.1. The van der Waals surface area contributed by atoms with Crippen LogP contribution in [0.1, 0.15) is 50.7 Å². The third-order valence-electron chi connectivity index (χ3n) is 3.28. The third kappa shape index (κ3) is 5.36. The molecule has 96 valence electrons. The minimum absolute atomic E-state index is 0.665. The van der Waals surface area contributed by atoms with Crippen LogP contribution in [0.3, 0.4) is 0 Å². The predicted molar refractivity (Wildman–Crippen MR) is 76.5 cm³/mol. The second kappa shape index (κ2) is 7.50. The van der Waals surface area contributed by atoms with Crippen molar-refractivity contribution in [2.24, 2.45) is 5.92 Å². The van der Waals surface area contributed by atoms with Gasteiger partial charge >= 0.3 is 0 Å². The maximum Gasteiger partial charge on any atom is 0.00200 e. The van der Waals surface area contributed by atoms with Crippen molar-refractivity contribution in [2.45, 2.75) is 46.5 Å². The van der Waals surface area contributed by atoms with Crippen LogP contribution in [0.2, 0.25) is 0 Å². The lowest BCUT2D eigenvalue weighted by molar-refractivity contribution is 0.480. The molecule has 0 aliphatic carbocycles. The Morgan fingerprint density at radius 3 is 2.24 bits per heavy atom. The molecule has 1 nitrogen and oxygen atoms in total. The number of rotatable bonds is 7. The first-order chi connectivity index (χ1) is 8.13. The zero-order valence-corrected chi connectivity index (χ0v) is 11.8. The number of likely N-dealkylation sites (N-methyl/N-ethyl adjacent to an activating group) is 1. The Bertz CT molecular complexity index is 300. The molecule has 0 aliphatic heterocycles. The van der Waals surface area contributed by atoms with E-state index < -0.39 is 0 Å². The van der Waals surface area contributed by atoms with Crippen molar-refractivity contribution in [3.05, 3.63) is 35.4 Å². The van der Waals surface area contributed by atoms with Crippen LogP contribution in [0.4, 0.5) is 0 Å². The Labute approximate surface area is 107 Å². The molecule has 1 rings (SSSR count). The van der Waals surface area contributed by atoms with E-state index in [4.69, 9.17) is 0 Å². The summed E-state index contributed by atoms with van der Waals surface area (Å²) in [5, 5.41) is 3.49. The molecule has 1 atom stereocenters. The minimum atomic E-state index is 0.665. The number of hydrogen-bond acceptors (Lipinski definition) is 1. The second-order valence-electron chi connectivity index (χ2n) is 5.39. The van der Waals surface area contributed by atoms with Crippen LogP contribution >= 0.6 is 0 Å². The highest BCUT2D eigenvalue weighted by Gasteiger charge is 2.11. The van der Waals surface area contributed by atoms with Crippen LogP contribution in [-0.2, 0) is 0 Å². The zero-order chi connectivity index (χ0) is 12.7. The van der Waals surface area contributed by atoms with E-state index in [-0.39, 0.29) is 0 Å². The summed E-state index contributed by atoms with van der Waals surface area (Å²) in [7, 11) is 0. The maximum absolute atomic E-state index is 3.49. The summed E-state index contributed by atoms with van der Waals surface area (Å²) in [5.74, 6) is 1.46. The predicted octanol–water partition coefficient (Wildman–Crippen LogP) is 4.12. The Morgan fingerprint density at radius 1 is 1.06 bits per heavy atom. The molecule has 0 spiro atoms. The second-order valence-corrected chi connectivity index (χ2v) is 5.39. The highest BCUT2D eigenvalue weighted by molar-refractivity contribution is 5.24. The number of hydrogen-bond donors (Lipinski definition) is 1. The lowest BCUT2D eigenvalue weighted by atomic mass is 9.91. The maximum atomic E-state index is 3.49. The van der Waals surface area contributed by atoms with Crippen LogP contribution in [-0.4, -0.2) is 13.1 Å². The molecule has 0 saturated carbocycles. The van der Waals surface area contributed by atoms with Gasteiger partial charge in [0.05, 0.1) is 0 Å². The molecular formula is C16H27N. The number of aryl methyl sites for hydroxylation is 1. The average molecular weight is 233 g/mol. The van der Waals surface area contributed by atoms with Gasteiger partial charge in [-0.05, 0) is 37.3 Å². The van der Waals surface area contributed by atoms with Crippen LogP contribution in [0, 0.1) is 12.8 Å². The van der Waals surface area contributed by atoms with E-state index in [1.807, 2.05) is 0 Å². The van der Waals surface area contributed by atoms with Gasteiger partial charge in [0, 0.05) is 6.54 Å². The molecule has 0 bridgehead atoms. The first kappa shape index (κ1) is 14.2. The van der Waals surface area contributed by atoms with Gasteiger partial charge < -0.3 is 5.32 Å². The van der Waals surface area contributed by atoms with E-state index in [1.54, 1.807) is 0 Å². The van der Waals surface area contributed by atoms with Gasteiger partial charge in [-0.3, -0.25) is 0 Å². The first-order valence-corrected chi connectivity index (χ1v) is 6.90. The molecule has 1 N–H and O–H groups in total. The first-order valence-electron chi connectivity index (χ1n) is 6.90. The Kier molecular flexibility index (Phi) is 6.28. The average Bonchev–Trinajstić information content (AvgIpc) is 2.30. The van der Waals surface area contributed by atoms with Crippen LogP contribution in [0.25, 0.3) is 0 Å². The molecule has 0 radical (unpaired) electrons. The standard InChI is InChI=1S/C16H27N/c1-5-17-12-16(9-6-13(2)3)15-10-7-14(4)8-11-15/h7-8,10-11,13,16-17H,5-6,9,12H2,1-4H3. The fraction of sp³-hybridized carbons (Fsp3) is 0.625. The molecule has 0 aliphatic rings. The zero-order valence-electron chi connectivity index (χ0n) is 11.8. The summed E-state index contributed by atoms with van der Waals surface area (Å²) < 4.78 is 0. The van der Waals surface area contributed by atoms with Crippen molar-refractivity contribution in [1.29, 1.82) is 0 Å². The fourth-order valence-electron chi connectivity index (χ4n) is 2.08. The van der Waals surface area contributed by atoms with Crippen molar-refractivity contribution >= 4 is 0 Å². The molecule has 0 heterocycles. The molecule has 0 aromatic heterocycles. The van der Waals surface area contributed by atoms with Gasteiger partial charge in [-0.25, -0.2) is 0 Å². The Hall–Kier alpha value is -0.820. The van der Waals surface area contributed by atoms with E-state index in [0.29, 0.717) is 5.92 Å². The SMILES string of the molecule is CCNCC(CCC(C)C)c1ccc(C)cc1. The smallest absolute Gasteiger partial charge is 0.00200 e. The third-order valence-corrected chi connectivity index (χ3v) is 3.28. The van der Waals surface area contributed by atoms with Crippen molar-refractivity contribution < 1.29 is 0 Å². The summed E-state index contributed by atoms with van der Waals surface area (Å²) in [4.78, 5) is 0. The topological polar surface area (TPSA) is 12.0 Å². The molecule has 0 fully saturated rings. The minimum Gasteiger partial charge on any atom is -0.316 e. The molecule has 1 unspecified atom stereocenters. The number of benzene rings is 1. The molecule has 1 heteroatoms. The highest BCUT2D eigenvalue weighted by atomic mass is 14.8. The van der Waals surface area contributed by atoms with Crippen LogP contribution in [0.15, 0.2) is 24.3 Å². The van der Waals surface area contributed by atoms with Gasteiger partial charge in [0.15, 0.2) is 0 Å². The van der Waals surface area contributed by atoms with Gasteiger partial charge in [-0.15, -0.1) is 0 Å². The molecule has 1 aromatic carbocycles. The van der Waals surface area contributed by atoms with E-state index >= 15 is 0 Å². The fourth-order valence-corrected chi connectivity index (χ4v) is 2.08. The van der Waals surface area contributed by atoms with E-state index in [2.05, 4.69) is 57.3 Å². The summed E-state index contributed by atoms with van der Waals surface area (Å²) in [5.41, 5.74) is 2.83. The highest BCUT2D eigenvalue weighted by Crippen LogP contribution is 2.23. The van der Waals surface area contributed by atoms with Gasteiger partial charge in [-0.1, -0.05) is 57.0 Å². The van der Waals surface area contributed by atoms with Crippen molar-refractivity contribution in [3.8, 4) is 0 Å². The quantitative estimate of drug-likeness (QED) is 0.747. The van der Waals surface area contributed by atoms with Crippen LogP contribution < -0.4 is 5.32 Å². The Morgan fingerprint density at radius 2 is 1.71 bits per heavy atom. The van der Waals surface area contributed by atoms with E-state index in [9.17, 15) is 0 Å². The van der Waals surface area contributed by atoms with Crippen molar-refractivity contribution in [3.63, 3.8) is 0 Å². The van der Waals surface area contributed by atoms with Gasteiger partial charge in [0.1, 0.15) is 0 Å². The Balaban J connectivity index is 2.63. The van der Waals surface area contributed by atoms with Gasteiger partial charge in [0.25, 0.3) is 0 Å². The lowest BCUT2D eigenvalue weighted by Crippen LogP contribution is -2.21. The van der Waals surface area contributed by atoms with Crippen molar-refractivity contribution in [1.82, 2.24) is 5.32 Å². The van der Waals surface area contributed by atoms with Crippen LogP contribution in [0.5, 0.6) is 0 Å². The van der Waals surface area contributed by atoms with Gasteiger partial charge in [0.2, 0.25) is 0 Å². The molecule has 17 heavy (non-hydrogen) atoms. The molecular weight excluding hydrogens is 206 g/mol. The normalized spacial score (nSPS) is 13.0. The largest absolute Gasteiger partial charge is 0.316 e. The lowest BCUT2D eigenvalue weighted by Gasteiger charge is -2.19.